The van der Waals surface area contributed by atoms with E-state index in [0.29, 0.717) is 16.6 Å². The van der Waals surface area contributed by atoms with Gasteiger partial charge in [-0.2, -0.15) is 4.98 Å². The van der Waals surface area contributed by atoms with E-state index in [-0.39, 0.29) is 12.0 Å². The van der Waals surface area contributed by atoms with Crippen molar-refractivity contribution in [2.24, 2.45) is 0 Å². The first kappa shape index (κ1) is 16.4. The fourth-order valence-corrected chi connectivity index (χ4v) is 3.72. The molecule has 0 saturated carbocycles. The van der Waals surface area contributed by atoms with Crippen molar-refractivity contribution in [3.8, 4) is 5.88 Å². The Bertz CT molecular complexity index is 683. The number of carbonyl (C=O) groups excluding carboxylic acids is 1. The van der Waals surface area contributed by atoms with E-state index in [1.54, 1.807) is 12.1 Å². The molecule has 0 unspecified atom stereocenters. The molecule has 3 rings (SSSR count). The third kappa shape index (κ3) is 4.53. The quantitative estimate of drug-likeness (QED) is 0.858. The minimum Gasteiger partial charge on any atom is -0.474 e. The van der Waals surface area contributed by atoms with Crippen LogP contribution in [0.1, 0.15) is 22.5 Å². The molecular formula is C16H18BrN3O2S. The molecule has 0 atom stereocenters. The average molecular weight is 396 g/mol. The topological polar surface area (TPSA) is 54.5 Å². The number of rotatable bonds is 4. The molecule has 2 aromatic rings. The maximum atomic E-state index is 12.2. The van der Waals surface area contributed by atoms with Crippen LogP contribution in [0.4, 0.5) is 5.82 Å². The molecule has 1 saturated heterocycles. The molecule has 0 bridgehead atoms. The Balaban J connectivity index is 1.62. The third-order valence-corrected chi connectivity index (χ3v) is 5.34. The number of anilines is 1. The lowest BCUT2D eigenvalue weighted by molar-refractivity contribution is 0.102. The number of hydrogen-bond acceptors (Lipinski definition) is 5. The summed E-state index contributed by atoms with van der Waals surface area (Å²) in [4.78, 5) is 19.5. The normalized spacial score (nSPS) is 16.3. The number of piperidine rings is 1. The summed E-state index contributed by atoms with van der Waals surface area (Å²) < 4.78 is 6.87. The van der Waals surface area contributed by atoms with Crippen molar-refractivity contribution in [3.63, 3.8) is 0 Å². The summed E-state index contributed by atoms with van der Waals surface area (Å²) in [6, 6.07) is 9.07. The van der Waals surface area contributed by atoms with Gasteiger partial charge in [0.15, 0.2) is 0 Å². The lowest BCUT2D eigenvalue weighted by Crippen LogP contribution is -2.35. The second kappa shape index (κ2) is 7.42. The van der Waals surface area contributed by atoms with Crippen LogP contribution in [0.3, 0.4) is 0 Å². The number of nitrogens with zero attached hydrogens (tertiary/aromatic N) is 2. The monoisotopic (exact) mass is 395 g/mol. The molecule has 0 aromatic carbocycles. The molecule has 23 heavy (non-hydrogen) atoms. The number of thiophene rings is 1. The molecule has 2 aromatic heterocycles. The van der Waals surface area contributed by atoms with Gasteiger partial charge in [0.2, 0.25) is 5.88 Å². The van der Waals surface area contributed by atoms with Gasteiger partial charge in [0, 0.05) is 19.2 Å². The van der Waals surface area contributed by atoms with Gasteiger partial charge in [0.1, 0.15) is 11.9 Å². The van der Waals surface area contributed by atoms with Crippen LogP contribution in [0.15, 0.2) is 34.1 Å². The lowest BCUT2D eigenvalue weighted by atomic mass is 10.1. The summed E-state index contributed by atoms with van der Waals surface area (Å²) in [6.45, 7) is 2.07. The zero-order valence-electron chi connectivity index (χ0n) is 12.8. The van der Waals surface area contributed by atoms with Crippen LogP contribution in [0.2, 0.25) is 0 Å². The molecule has 1 aliphatic heterocycles. The number of pyridine rings is 1. The number of ether oxygens (including phenoxy) is 1. The number of nitrogens with one attached hydrogen (secondary N) is 1. The lowest BCUT2D eigenvalue weighted by Gasteiger charge is -2.28. The zero-order valence-corrected chi connectivity index (χ0v) is 15.2. The predicted octanol–water partition coefficient (Wildman–Crippen LogP) is 3.63. The first-order chi connectivity index (χ1) is 11.1. The van der Waals surface area contributed by atoms with Crippen LogP contribution >= 0.6 is 27.3 Å². The second-order valence-electron chi connectivity index (χ2n) is 5.54. The molecule has 0 radical (unpaired) electrons. The SMILES string of the molecule is CN1CCC(Oc2cccc(NC(=O)c3ccc(Br)s3)n2)CC1. The predicted molar refractivity (Wildman–Crippen MR) is 95.4 cm³/mol. The standard InChI is InChI=1S/C16H18BrN3O2S/c1-20-9-7-11(8-10-20)22-15-4-2-3-14(18-15)19-16(21)12-5-6-13(17)23-12/h2-6,11H,7-10H2,1H3,(H,18,19,21). The van der Waals surface area contributed by atoms with Crippen LogP contribution in [0, 0.1) is 0 Å². The number of carbonyl (C=O) groups is 1. The van der Waals surface area contributed by atoms with Gasteiger partial charge in [0.25, 0.3) is 5.91 Å². The van der Waals surface area contributed by atoms with E-state index >= 15 is 0 Å². The molecule has 0 spiro atoms. The first-order valence-electron chi connectivity index (χ1n) is 7.49. The summed E-state index contributed by atoms with van der Waals surface area (Å²) in [5.41, 5.74) is 0. The molecule has 1 N–H and O–H groups in total. The van der Waals surface area contributed by atoms with E-state index in [4.69, 9.17) is 4.74 Å². The minimum atomic E-state index is -0.162. The van der Waals surface area contributed by atoms with Crippen molar-refractivity contribution >= 4 is 39.0 Å². The van der Waals surface area contributed by atoms with Gasteiger partial charge in [-0.15, -0.1) is 11.3 Å². The summed E-state index contributed by atoms with van der Waals surface area (Å²) in [5.74, 6) is 0.902. The van der Waals surface area contributed by atoms with Gasteiger partial charge in [-0.05, 0) is 54.0 Å². The van der Waals surface area contributed by atoms with Gasteiger partial charge >= 0.3 is 0 Å². The largest absolute Gasteiger partial charge is 0.474 e. The van der Waals surface area contributed by atoms with Crippen molar-refractivity contribution in [3.05, 3.63) is 39.0 Å². The first-order valence-corrected chi connectivity index (χ1v) is 9.10. The molecule has 7 heteroatoms. The molecule has 1 aliphatic rings. The van der Waals surface area contributed by atoms with E-state index in [2.05, 4.69) is 38.2 Å². The maximum Gasteiger partial charge on any atom is 0.266 e. The molecule has 1 amide bonds. The highest BCUT2D eigenvalue weighted by molar-refractivity contribution is 9.11. The Hall–Kier alpha value is -1.44. The van der Waals surface area contributed by atoms with Gasteiger partial charge in [-0.3, -0.25) is 4.79 Å². The number of hydrogen-bond donors (Lipinski definition) is 1. The van der Waals surface area contributed by atoms with Crippen LogP contribution < -0.4 is 10.1 Å². The fraction of sp³-hybridized carbons (Fsp3) is 0.375. The van der Waals surface area contributed by atoms with Crippen LogP contribution in [0.25, 0.3) is 0 Å². The minimum absolute atomic E-state index is 0.162. The molecule has 1 fully saturated rings. The van der Waals surface area contributed by atoms with Crippen molar-refractivity contribution in [2.75, 3.05) is 25.5 Å². The molecule has 122 valence electrons. The van der Waals surface area contributed by atoms with Crippen LogP contribution in [-0.2, 0) is 0 Å². The van der Waals surface area contributed by atoms with E-state index < -0.39 is 0 Å². The number of aromatic nitrogens is 1. The van der Waals surface area contributed by atoms with Gasteiger partial charge in [0.05, 0.1) is 8.66 Å². The zero-order chi connectivity index (χ0) is 16.2. The number of halogens is 1. The van der Waals surface area contributed by atoms with Gasteiger partial charge < -0.3 is 15.0 Å². The summed E-state index contributed by atoms with van der Waals surface area (Å²) >= 11 is 4.75. The maximum absolute atomic E-state index is 12.2. The number of amides is 1. The Morgan fingerprint density at radius 3 is 2.83 bits per heavy atom. The summed E-state index contributed by atoms with van der Waals surface area (Å²) in [6.07, 6.45) is 2.19. The Morgan fingerprint density at radius 1 is 1.35 bits per heavy atom. The molecule has 3 heterocycles. The van der Waals surface area contributed by atoms with Crippen molar-refractivity contribution in [1.82, 2.24) is 9.88 Å². The van der Waals surface area contributed by atoms with E-state index in [1.807, 2.05) is 18.2 Å². The van der Waals surface area contributed by atoms with Crippen molar-refractivity contribution < 1.29 is 9.53 Å². The molecule has 0 aliphatic carbocycles. The van der Waals surface area contributed by atoms with E-state index in [1.165, 1.54) is 11.3 Å². The Morgan fingerprint density at radius 2 is 2.13 bits per heavy atom. The van der Waals surface area contributed by atoms with Crippen LogP contribution in [-0.4, -0.2) is 42.0 Å². The van der Waals surface area contributed by atoms with Crippen molar-refractivity contribution in [2.45, 2.75) is 18.9 Å². The highest BCUT2D eigenvalue weighted by Crippen LogP contribution is 2.23. The molecular weight excluding hydrogens is 378 g/mol. The highest BCUT2D eigenvalue weighted by atomic mass is 79.9. The van der Waals surface area contributed by atoms with Gasteiger partial charge in [-0.1, -0.05) is 6.07 Å². The third-order valence-electron chi connectivity index (χ3n) is 3.72. The second-order valence-corrected chi connectivity index (χ2v) is 8.00. The smallest absolute Gasteiger partial charge is 0.266 e. The van der Waals surface area contributed by atoms with E-state index in [9.17, 15) is 4.79 Å². The van der Waals surface area contributed by atoms with Crippen molar-refractivity contribution in [1.29, 1.82) is 0 Å². The summed E-state index contributed by atoms with van der Waals surface area (Å²) in [5, 5.41) is 2.81. The Kier molecular flexibility index (Phi) is 5.30. The summed E-state index contributed by atoms with van der Waals surface area (Å²) in [7, 11) is 2.12. The van der Waals surface area contributed by atoms with Gasteiger partial charge in [-0.25, -0.2) is 0 Å². The molecule has 5 nitrogen and oxygen atoms in total. The Labute approximate surface area is 147 Å². The fourth-order valence-electron chi connectivity index (χ4n) is 2.44. The van der Waals surface area contributed by atoms with E-state index in [0.717, 1.165) is 29.7 Å². The highest BCUT2D eigenvalue weighted by Gasteiger charge is 2.18. The number of likely N-dealkylation sites (tertiary alicyclic amines) is 1. The average Bonchev–Trinajstić information content (AvgIpc) is 2.97. The van der Waals surface area contributed by atoms with Crippen LogP contribution in [0.5, 0.6) is 5.88 Å².